The molecule has 0 aliphatic heterocycles. The van der Waals surface area contributed by atoms with Crippen molar-refractivity contribution >= 4 is 6.08 Å². The molecule has 0 aliphatic rings. The van der Waals surface area contributed by atoms with E-state index in [0.717, 1.165) is 11.1 Å². The minimum Gasteiger partial charge on any atom is -0.396 e. The minimum absolute atomic E-state index is 0.0491. The maximum Gasteiger partial charge on any atom is 0.0615 e. The lowest BCUT2D eigenvalue weighted by Crippen LogP contribution is -1.93. The molecule has 0 unspecified atom stereocenters. The lowest BCUT2D eigenvalue weighted by molar-refractivity contribution is 0.299. The number of benzene rings is 1. The van der Waals surface area contributed by atoms with Gasteiger partial charge < -0.3 is 10.2 Å². The maximum atomic E-state index is 8.80. The van der Waals surface area contributed by atoms with E-state index in [1.54, 1.807) is 6.08 Å². The van der Waals surface area contributed by atoms with Crippen LogP contribution in [0.2, 0.25) is 0 Å². The van der Waals surface area contributed by atoms with Crippen molar-refractivity contribution < 1.29 is 10.2 Å². The van der Waals surface area contributed by atoms with Crippen molar-refractivity contribution in [1.82, 2.24) is 0 Å². The second kappa shape index (κ2) is 5.51. The van der Waals surface area contributed by atoms with Crippen LogP contribution in [0.15, 0.2) is 30.3 Å². The molecule has 2 nitrogen and oxygen atoms in total. The van der Waals surface area contributed by atoms with Gasteiger partial charge in [-0.25, -0.2) is 0 Å². The first-order valence-electron chi connectivity index (χ1n) is 4.34. The van der Waals surface area contributed by atoms with Crippen LogP contribution in [0.1, 0.15) is 11.1 Å². The monoisotopic (exact) mass is 178 g/mol. The first-order chi connectivity index (χ1) is 6.38. The Labute approximate surface area is 78.2 Å². The molecular weight excluding hydrogens is 164 g/mol. The zero-order chi connectivity index (χ0) is 9.52. The minimum atomic E-state index is 0.0491. The van der Waals surface area contributed by atoms with Gasteiger partial charge in [0.25, 0.3) is 0 Å². The molecule has 0 bridgehead atoms. The van der Waals surface area contributed by atoms with E-state index in [9.17, 15) is 0 Å². The molecule has 70 valence electrons. The second-order valence-corrected chi connectivity index (χ2v) is 2.76. The van der Waals surface area contributed by atoms with Crippen molar-refractivity contribution in [2.75, 3.05) is 13.2 Å². The predicted molar refractivity (Wildman–Crippen MR) is 53.4 cm³/mol. The molecule has 0 heterocycles. The summed E-state index contributed by atoms with van der Waals surface area (Å²) in [6.45, 7) is 0.206. The highest BCUT2D eigenvalue weighted by molar-refractivity contribution is 5.53. The Morgan fingerprint density at radius 1 is 1.15 bits per heavy atom. The number of hydrogen-bond donors (Lipinski definition) is 2. The quantitative estimate of drug-likeness (QED) is 0.728. The van der Waals surface area contributed by atoms with Gasteiger partial charge >= 0.3 is 0 Å². The maximum absolute atomic E-state index is 8.80. The van der Waals surface area contributed by atoms with Gasteiger partial charge in [-0.05, 0) is 17.5 Å². The average Bonchev–Trinajstić information content (AvgIpc) is 2.17. The third-order valence-electron chi connectivity index (χ3n) is 1.84. The van der Waals surface area contributed by atoms with Crippen molar-refractivity contribution in [3.05, 3.63) is 41.5 Å². The summed E-state index contributed by atoms with van der Waals surface area (Å²) in [5.41, 5.74) is 2.17. The van der Waals surface area contributed by atoms with Gasteiger partial charge in [-0.15, -0.1) is 0 Å². The van der Waals surface area contributed by atoms with Crippen molar-refractivity contribution in [1.29, 1.82) is 0 Å². The van der Waals surface area contributed by atoms with Crippen molar-refractivity contribution in [2.45, 2.75) is 6.42 Å². The van der Waals surface area contributed by atoms with Crippen LogP contribution >= 0.6 is 0 Å². The fourth-order valence-corrected chi connectivity index (χ4v) is 1.22. The average molecular weight is 178 g/mol. The molecule has 0 saturated heterocycles. The Balaban J connectivity index is 2.84. The zero-order valence-electron chi connectivity index (χ0n) is 7.48. The molecule has 0 amide bonds. The predicted octanol–water partition coefficient (Wildman–Crippen LogP) is 1.23. The molecule has 0 aliphatic carbocycles. The summed E-state index contributed by atoms with van der Waals surface area (Å²) in [5, 5.41) is 17.4. The van der Waals surface area contributed by atoms with E-state index in [2.05, 4.69) is 0 Å². The van der Waals surface area contributed by atoms with Crippen molar-refractivity contribution in [3.63, 3.8) is 0 Å². The van der Waals surface area contributed by atoms with Gasteiger partial charge in [-0.3, -0.25) is 0 Å². The molecule has 0 saturated carbocycles. The molecule has 1 aromatic carbocycles. The van der Waals surface area contributed by atoms with Gasteiger partial charge in [0, 0.05) is 6.61 Å². The Morgan fingerprint density at radius 2 is 1.92 bits per heavy atom. The van der Waals surface area contributed by atoms with Crippen LogP contribution in [0.5, 0.6) is 0 Å². The summed E-state index contributed by atoms with van der Waals surface area (Å²) < 4.78 is 0. The fourth-order valence-electron chi connectivity index (χ4n) is 1.22. The van der Waals surface area contributed by atoms with Crippen LogP contribution in [0.25, 0.3) is 6.08 Å². The van der Waals surface area contributed by atoms with Crippen LogP contribution in [-0.4, -0.2) is 23.4 Å². The summed E-state index contributed by atoms with van der Waals surface area (Å²) in [5.74, 6) is 0. The van der Waals surface area contributed by atoms with E-state index >= 15 is 0 Å². The second-order valence-electron chi connectivity index (χ2n) is 2.76. The number of hydrogen-bond acceptors (Lipinski definition) is 2. The van der Waals surface area contributed by atoms with E-state index in [-0.39, 0.29) is 13.2 Å². The van der Waals surface area contributed by atoms with Crippen LogP contribution < -0.4 is 0 Å². The summed E-state index contributed by atoms with van der Waals surface area (Å²) in [6.07, 6.45) is 4.22. The number of aliphatic hydroxyl groups is 2. The first-order valence-corrected chi connectivity index (χ1v) is 4.34. The zero-order valence-corrected chi connectivity index (χ0v) is 7.48. The lowest BCUT2D eigenvalue weighted by atomic mass is 10.0. The lowest BCUT2D eigenvalue weighted by Gasteiger charge is -2.02. The van der Waals surface area contributed by atoms with Gasteiger partial charge in [-0.1, -0.05) is 36.4 Å². The third-order valence-corrected chi connectivity index (χ3v) is 1.84. The Morgan fingerprint density at radius 3 is 2.62 bits per heavy atom. The van der Waals surface area contributed by atoms with Crippen molar-refractivity contribution in [3.8, 4) is 0 Å². The van der Waals surface area contributed by atoms with Gasteiger partial charge in [0.2, 0.25) is 0 Å². The topological polar surface area (TPSA) is 40.5 Å². The SMILES string of the molecule is OC/C=C/c1ccccc1CCO. The molecule has 0 fully saturated rings. The molecular formula is C11H14O2. The summed E-state index contributed by atoms with van der Waals surface area (Å²) >= 11 is 0. The van der Waals surface area contributed by atoms with Crippen molar-refractivity contribution in [2.24, 2.45) is 0 Å². The Hall–Kier alpha value is -1.12. The highest BCUT2D eigenvalue weighted by atomic mass is 16.3. The van der Waals surface area contributed by atoms with Gasteiger partial charge in [0.1, 0.15) is 0 Å². The van der Waals surface area contributed by atoms with E-state index in [4.69, 9.17) is 10.2 Å². The molecule has 1 aromatic rings. The van der Waals surface area contributed by atoms with Crippen LogP contribution in [-0.2, 0) is 6.42 Å². The molecule has 0 aromatic heterocycles. The highest BCUT2D eigenvalue weighted by Crippen LogP contribution is 2.10. The van der Waals surface area contributed by atoms with E-state index in [1.165, 1.54) is 0 Å². The number of rotatable bonds is 4. The molecule has 0 spiro atoms. The summed E-state index contributed by atoms with van der Waals surface area (Å²) in [6, 6.07) is 7.84. The number of aliphatic hydroxyl groups excluding tert-OH is 2. The summed E-state index contributed by atoms with van der Waals surface area (Å²) in [4.78, 5) is 0. The third kappa shape index (κ3) is 3.01. The van der Waals surface area contributed by atoms with Crippen LogP contribution in [0.3, 0.4) is 0 Å². The fraction of sp³-hybridized carbons (Fsp3) is 0.273. The van der Waals surface area contributed by atoms with E-state index in [1.807, 2.05) is 30.3 Å². The molecule has 1 rings (SSSR count). The molecule has 2 N–H and O–H groups in total. The smallest absolute Gasteiger partial charge is 0.0615 e. The normalized spacial score (nSPS) is 10.9. The Bertz CT molecular complexity index is 279. The summed E-state index contributed by atoms with van der Waals surface area (Å²) in [7, 11) is 0. The molecule has 0 atom stereocenters. The van der Waals surface area contributed by atoms with Gasteiger partial charge in [-0.2, -0.15) is 0 Å². The molecule has 13 heavy (non-hydrogen) atoms. The van der Waals surface area contributed by atoms with Crippen LogP contribution in [0.4, 0.5) is 0 Å². The van der Waals surface area contributed by atoms with Gasteiger partial charge in [0.05, 0.1) is 6.61 Å². The Kier molecular flexibility index (Phi) is 4.23. The first kappa shape index (κ1) is 9.96. The molecule has 0 radical (unpaired) electrons. The standard InChI is InChI=1S/C11H14O2/c12-8-3-6-10-4-1-2-5-11(10)7-9-13/h1-6,12-13H,7-9H2/b6-3+. The van der Waals surface area contributed by atoms with Crippen LogP contribution in [0, 0.1) is 0 Å². The molecule has 2 heteroatoms. The van der Waals surface area contributed by atoms with E-state index in [0.29, 0.717) is 6.42 Å². The van der Waals surface area contributed by atoms with E-state index < -0.39 is 0 Å². The largest absolute Gasteiger partial charge is 0.396 e. The van der Waals surface area contributed by atoms with Gasteiger partial charge in [0.15, 0.2) is 0 Å². The highest BCUT2D eigenvalue weighted by Gasteiger charge is 1.96.